The predicted octanol–water partition coefficient (Wildman–Crippen LogP) is 1.98. The van der Waals surface area contributed by atoms with Crippen LogP contribution in [0.4, 0.5) is 0 Å². The molecule has 1 amide bonds. The summed E-state index contributed by atoms with van der Waals surface area (Å²) in [6.07, 6.45) is 2.55. The molecule has 1 aliphatic heterocycles. The Morgan fingerprint density at radius 2 is 2.05 bits per heavy atom. The van der Waals surface area contributed by atoms with E-state index in [4.69, 9.17) is 4.74 Å². The molecule has 122 valence electrons. The third-order valence-electron chi connectivity index (χ3n) is 4.63. The lowest BCUT2D eigenvalue weighted by Crippen LogP contribution is -2.47. The van der Waals surface area contributed by atoms with Gasteiger partial charge in [0, 0.05) is 19.1 Å². The molecule has 0 bridgehead atoms. The van der Waals surface area contributed by atoms with Crippen molar-refractivity contribution in [1.29, 1.82) is 0 Å². The molecule has 1 aromatic rings. The number of piperidine rings is 1. The number of rotatable bonds is 6. The van der Waals surface area contributed by atoms with Crippen LogP contribution < -0.4 is 10.6 Å². The highest BCUT2D eigenvalue weighted by atomic mass is 16.5. The van der Waals surface area contributed by atoms with Gasteiger partial charge in [-0.3, -0.25) is 4.79 Å². The Morgan fingerprint density at radius 1 is 1.32 bits per heavy atom. The Hall–Kier alpha value is -1.39. The van der Waals surface area contributed by atoms with E-state index in [9.17, 15) is 4.79 Å². The summed E-state index contributed by atoms with van der Waals surface area (Å²) in [6.45, 7) is 7.52. The van der Waals surface area contributed by atoms with Crippen LogP contribution in [0.2, 0.25) is 0 Å². The van der Waals surface area contributed by atoms with E-state index >= 15 is 0 Å². The lowest BCUT2D eigenvalue weighted by molar-refractivity contribution is -0.121. The number of hydrogen-bond donors (Lipinski definition) is 2. The second-order valence-electron chi connectivity index (χ2n) is 6.57. The number of ether oxygens (including phenoxy) is 1. The number of amides is 1. The zero-order chi connectivity index (χ0) is 16.0. The first-order valence-corrected chi connectivity index (χ1v) is 8.07. The minimum absolute atomic E-state index is 0.0807. The van der Waals surface area contributed by atoms with Gasteiger partial charge >= 0.3 is 0 Å². The van der Waals surface area contributed by atoms with Gasteiger partial charge in [-0.2, -0.15) is 0 Å². The molecule has 0 radical (unpaired) electrons. The van der Waals surface area contributed by atoms with Crippen LogP contribution in [0.1, 0.15) is 29.5 Å². The van der Waals surface area contributed by atoms with E-state index < -0.39 is 0 Å². The Kier molecular flexibility index (Phi) is 5.98. The van der Waals surface area contributed by atoms with Crippen molar-refractivity contribution in [3.8, 4) is 0 Å². The number of aryl methyl sites for hydroxylation is 2. The number of carbonyl (C=O) groups is 1. The highest BCUT2D eigenvalue weighted by Gasteiger charge is 2.32. The molecule has 1 heterocycles. The Morgan fingerprint density at radius 3 is 2.73 bits per heavy atom. The SMILES string of the molecule is COCC1(CNC(=O)Cc2cc(C)ccc2C)CCNCC1. The van der Waals surface area contributed by atoms with E-state index in [1.807, 2.05) is 0 Å². The van der Waals surface area contributed by atoms with Crippen molar-refractivity contribution >= 4 is 5.91 Å². The molecule has 2 N–H and O–H groups in total. The molecule has 1 saturated heterocycles. The summed E-state index contributed by atoms with van der Waals surface area (Å²) in [4.78, 5) is 12.3. The first-order valence-electron chi connectivity index (χ1n) is 8.07. The smallest absolute Gasteiger partial charge is 0.224 e. The van der Waals surface area contributed by atoms with Crippen LogP contribution in [0, 0.1) is 19.3 Å². The average molecular weight is 304 g/mol. The fraction of sp³-hybridized carbons (Fsp3) is 0.611. The molecule has 0 saturated carbocycles. The molecule has 22 heavy (non-hydrogen) atoms. The van der Waals surface area contributed by atoms with Gasteiger partial charge in [-0.1, -0.05) is 23.8 Å². The molecule has 0 spiro atoms. The van der Waals surface area contributed by atoms with Crippen molar-refractivity contribution in [2.75, 3.05) is 33.4 Å². The summed E-state index contributed by atoms with van der Waals surface area (Å²) >= 11 is 0. The van der Waals surface area contributed by atoms with E-state index in [0.717, 1.165) is 31.5 Å². The van der Waals surface area contributed by atoms with E-state index in [1.165, 1.54) is 11.1 Å². The van der Waals surface area contributed by atoms with Gasteiger partial charge in [0.25, 0.3) is 0 Å². The summed E-state index contributed by atoms with van der Waals surface area (Å²) in [5.74, 6) is 0.0997. The predicted molar refractivity (Wildman–Crippen MR) is 89.0 cm³/mol. The molecule has 0 unspecified atom stereocenters. The molecular weight excluding hydrogens is 276 g/mol. The fourth-order valence-electron chi connectivity index (χ4n) is 3.15. The van der Waals surface area contributed by atoms with Crippen LogP contribution in [-0.4, -0.2) is 39.3 Å². The van der Waals surface area contributed by atoms with Crippen molar-refractivity contribution < 1.29 is 9.53 Å². The van der Waals surface area contributed by atoms with Gasteiger partial charge in [-0.15, -0.1) is 0 Å². The normalized spacial score (nSPS) is 17.2. The quantitative estimate of drug-likeness (QED) is 0.845. The molecule has 4 nitrogen and oxygen atoms in total. The third kappa shape index (κ3) is 4.55. The highest BCUT2D eigenvalue weighted by Crippen LogP contribution is 2.28. The maximum atomic E-state index is 12.3. The van der Waals surface area contributed by atoms with Crippen LogP contribution in [-0.2, 0) is 16.0 Å². The van der Waals surface area contributed by atoms with Crippen molar-refractivity contribution in [3.05, 3.63) is 34.9 Å². The monoisotopic (exact) mass is 304 g/mol. The fourth-order valence-corrected chi connectivity index (χ4v) is 3.15. The molecular formula is C18H28N2O2. The molecule has 2 rings (SSSR count). The summed E-state index contributed by atoms with van der Waals surface area (Å²) in [5.41, 5.74) is 3.57. The van der Waals surface area contributed by atoms with Crippen molar-refractivity contribution in [2.45, 2.75) is 33.1 Å². The third-order valence-corrected chi connectivity index (χ3v) is 4.63. The zero-order valence-electron chi connectivity index (χ0n) is 14.0. The summed E-state index contributed by atoms with van der Waals surface area (Å²) in [6, 6.07) is 6.26. The standard InChI is InChI=1S/C18H28N2O2/c1-14-4-5-15(2)16(10-14)11-17(21)20-12-18(13-22-3)6-8-19-9-7-18/h4-5,10,19H,6-9,11-13H2,1-3H3,(H,20,21). The van der Waals surface area contributed by atoms with Gasteiger partial charge in [-0.05, 0) is 50.9 Å². The van der Waals surface area contributed by atoms with Gasteiger partial charge in [0.2, 0.25) is 5.91 Å². The van der Waals surface area contributed by atoms with Crippen LogP contribution in [0.3, 0.4) is 0 Å². The van der Waals surface area contributed by atoms with Gasteiger partial charge in [0.15, 0.2) is 0 Å². The summed E-state index contributed by atoms with van der Waals surface area (Å²) in [5, 5.41) is 6.50. The molecule has 1 fully saturated rings. The second-order valence-corrected chi connectivity index (χ2v) is 6.57. The lowest BCUT2D eigenvalue weighted by atomic mass is 9.79. The van der Waals surface area contributed by atoms with Gasteiger partial charge in [0.1, 0.15) is 0 Å². The number of carbonyl (C=O) groups excluding carboxylic acids is 1. The number of methoxy groups -OCH3 is 1. The minimum Gasteiger partial charge on any atom is -0.384 e. The number of nitrogens with one attached hydrogen (secondary N) is 2. The van der Waals surface area contributed by atoms with Gasteiger partial charge < -0.3 is 15.4 Å². The van der Waals surface area contributed by atoms with E-state index in [2.05, 4.69) is 42.7 Å². The van der Waals surface area contributed by atoms with Crippen LogP contribution in [0.5, 0.6) is 0 Å². The van der Waals surface area contributed by atoms with Crippen molar-refractivity contribution in [2.24, 2.45) is 5.41 Å². The Balaban J connectivity index is 1.92. The van der Waals surface area contributed by atoms with Gasteiger partial charge in [-0.25, -0.2) is 0 Å². The van der Waals surface area contributed by atoms with Crippen molar-refractivity contribution in [1.82, 2.24) is 10.6 Å². The summed E-state index contributed by atoms with van der Waals surface area (Å²) in [7, 11) is 1.74. The molecule has 0 atom stereocenters. The van der Waals surface area contributed by atoms with Crippen LogP contribution in [0.15, 0.2) is 18.2 Å². The number of hydrogen-bond acceptors (Lipinski definition) is 3. The molecule has 0 aromatic heterocycles. The van der Waals surface area contributed by atoms with Crippen LogP contribution >= 0.6 is 0 Å². The Bertz CT molecular complexity index is 502. The average Bonchev–Trinajstić information content (AvgIpc) is 2.50. The maximum absolute atomic E-state index is 12.3. The molecule has 0 aliphatic carbocycles. The number of benzene rings is 1. The molecule has 1 aliphatic rings. The first kappa shape index (κ1) is 17.0. The zero-order valence-corrected chi connectivity index (χ0v) is 14.0. The van der Waals surface area contributed by atoms with E-state index in [1.54, 1.807) is 7.11 Å². The molecule has 4 heteroatoms. The minimum atomic E-state index is 0.0807. The molecule has 1 aromatic carbocycles. The van der Waals surface area contributed by atoms with Crippen molar-refractivity contribution in [3.63, 3.8) is 0 Å². The van der Waals surface area contributed by atoms with E-state index in [-0.39, 0.29) is 11.3 Å². The highest BCUT2D eigenvalue weighted by molar-refractivity contribution is 5.79. The first-order chi connectivity index (χ1) is 10.5. The second kappa shape index (κ2) is 7.75. The van der Waals surface area contributed by atoms with Gasteiger partial charge in [0.05, 0.1) is 13.0 Å². The maximum Gasteiger partial charge on any atom is 0.224 e. The summed E-state index contributed by atoms with van der Waals surface area (Å²) < 4.78 is 5.39. The van der Waals surface area contributed by atoms with E-state index in [0.29, 0.717) is 19.6 Å². The Labute approximate surface area is 133 Å². The lowest BCUT2D eigenvalue weighted by Gasteiger charge is -2.37. The topological polar surface area (TPSA) is 50.4 Å². The van der Waals surface area contributed by atoms with Crippen LogP contribution in [0.25, 0.3) is 0 Å². The largest absolute Gasteiger partial charge is 0.384 e.